The number of nitrogens with zero attached hydrogens (tertiary/aromatic N) is 2. The lowest BCUT2D eigenvalue weighted by atomic mass is 10.1. The highest BCUT2D eigenvalue weighted by Crippen LogP contribution is 2.24. The van der Waals surface area contributed by atoms with Crippen molar-refractivity contribution in [3.63, 3.8) is 0 Å². The Morgan fingerprint density at radius 2 is 2.04 bits per heavy atom. The first kappa shape index (κ1) is 17.0. The van der Waals surface area contributed by atoms with Gasteiger partial charge in [0.1, 0.15) is 12.1 Å². The Bertz CT molecular complexity index is 784. The van der Waals surface area contributed by atoms with E-state index in [1.54, 1.807) is 12.1 Å². The molecule has 1 aromatic rings. The van der Waals surface area contributed by atoms with Gasteiger partial charge in [0, 0.05) is 0 Å². The van der Waals surface area contributed by atoms with Crippen LogP contribution in [0.2, 0.25) is 0 Å². The van der Waals surface area contributed by atoms with Gasteiger partial charge in [0.15, 0.2) is 0 Å². The fraction of sp³-hybridized carbons (Fsp3) is 0.176. The fourth-order valence-corrected chi connectivity index (χ4v) is 2.88. The van der Waals surface area contributed by atoms with Gasteiger partial charge in [-0.2, -0.15) is 5.10 Å². The van der Waals surface area contributed by atoms with Crippen LogP contribution in [0, 0.1) is 0 Å². The molecule has 7 nitrogen and oxygen atoms in total. The first-order valence-corrected chi connectivity index (χ1v) is 8.48. The standard InChI is InChI=1S/C17H15N3O4S/c21-15(10-25-17-19-13-3-1-2-4-14(13)24-17)20-18-9-11-5-7-12(8-6-11)16(22)23/h1-9,13-14H,10H2,(H,20,21)(H,22,23)/b18-9+. The van der Waals surface area contributed by atoms with E-state index in [1.807, 2.05) is 24.3 Å². The number of carbonyl (C=O) groups excluding carboxylic acids is 1. The summed E-state index contributed by atoms with van der Waals surface area (Å²) in [7, 11) is 0. The summed E-state index contributed by atoms with van der Waals surface area (Å²) in [5.41, 5.74) is 3.29. The number of hydrogen-bond donors (Lipinski definition) is 2. The molecule has 2 atom stereocenters. The number of nitrogens with one attached hydrogen (secondary N) is 1. The van der Waals surface area contributed by atoms with E-state index in [2.05, 4.69) is 15.5 Å². The average molecular weight is 357 g/mol. The summed E-state index contributed by atoms with van der Waals surface area (Å²) < 4.78 is 5.63. The van der Waals surface area contributed by atoms with E-state index >= 15 is 0 Å². The van der Waals surface area contributed by atoms with Crippen molar-refractivity contribution in [3.8, 4) is 0 Å². The van der Waals surface area contributed by atoms with Crippen LogP contribution >= 0.6 is 11.8 Å². The molecule has 1 heterocycles. The molecule has 0 fully saturated rings. The summed E-state index contributed by atoms with van der Waals surface area (Å²) in [5, 5.41) is 13.2. The largest absolute Gasteiger partial charge is 0.478 e. The van der Waals surface area contributed by atoms with Crippen LogP contribution < -0.4 is 5.43 Å². The zero-order valence-electron chi connectivity index (χ0n) is 13.0. The van der Waals surface area contributed by atoms with Gasteiger partial charge < -0.3 is 9.84 Å². The maximum absolute atomic E-state index is 11.8. The molecule has 0 spiro atoms. The van der Waals surface area contributed by atoms with Gasteiger partial charge in [-0.05, 0) is 23.8 Å². The van der Waals surface area contributed by atoms with E-state index in [9.17, 15) is 9.59 Å². The van der Waals surface area contributed by atoms with Crippen molar-refractivity contribution in [2.75, 3.05) is 5.75 Å². The molecule has 0 saturated carbocycles. The van der Waals surface area contributed by atoms with Crippen molar-refractivity contribution in [2.45, 2.75) is 12.1 Å². The summed E-state index contributed by atoms with van der Waals surface area (Å²) in [6.07, 6.45) is 9.09. The summed E-state index contributed by atoms with van der Waals surface area (Å²) >= 11 is 1.22. The van der Waals surface area contributed by atoms with Gasteiger partial charge in [-0.1, -0.05) is 42.1 Å². The summed E-state index contributed by atoms with van der Waals surface area (Å²) in [4.78, 5) is 26.9. The summed E-state index contributed by atoms with van der Waals surface area (Å²) in [6, 6.07) is 6.15. The first-order valence-electron chi connectivity index (χ1n) is 7.49. The van der Waals surface area contributed by atoms with Crippen LogP contribution in [0.3, 0.4) is 0 Å². The van der Waals surface area contributed by atoms with Crippen molar-refractivity contribution >= 4 is 35.1 Å². The van der Waals surface area contributed by atoms with Gasteiger partial charge in [-0.25, -0.2) is 15.2 Å². The second-order valence-corrected chi connectivity index (χ2v) is 6.17. The zero-order chi connectivity index (χ0) is 17.6. The van der Waals surface area contributed by atoms with Gasteiger partial charge >= 0.3 is 5.97 Å². The van der Waals surface area contributed by atoms with E-state index in [1.165, 1.54) is 30.1 Å². The number of fused-ring (bicyclic) bond motifs is 1. The van der Waals surface area contributed by atoms with Crippen LogP contribution in [-0.4, -0.2) is 46.3 Å². The number of thioether (sulfide) groups is 1. The molecule has 1 amide bonds. The molecule has 0 bridgehead atoms. The van der Waals surface area contributed by atoms with E-state index in [0.29, 0.717) is 10.8 Å². The predicted molar refractivity (Wildman–Crippen MR) is 96.0 cm³/mol. The molecule has 2 unspecified atom stereocenters. The second-order valence-electron chi connectivity index (χ2n) is 5.25. The number of carboxylic acids is 1. The smallest absolute Gasteiger partial charge is 0.335 e. The lowest BCUT2D eigenvalue weighted by molar-refractivity contribution is -0.118. The number of carboxylic acid groups (broad SMARTS) is 1. The number of hydrazone groups is 1. The van der Waals surface area contributed by atoms with E-state index in [0.717, 1.165) is 0 Å². The van der Waals surface area contributed by atoms with E-state index < -0.39 is 5.97 Å². The fourth-order valence-electron chi connectivity index (χ4n) is 2.19. The number of carbonyl (C=O) groups is 2. The van der Waals surface area contributed by atoms with Gasteiger partial charge in [-0.3, -0.25) is 4.79 Å². The molecule has 1 aliphatic carbocycles. The lowest BCUT2D eigenvalue weighted by Gasteiger charge is -2.12. The SMILES string of the molecule is O=C(CSC1=NC2C=CC=CC2O1)N/N=C/c1ccc(C(=O)O)cc1. The van der Waals surface area contributed by atoms with Gasteiger partial charge in [-0.15, -0.1) is 0 Å². The monoisotopic (exact) mass is 357 g/mol. The highest BCUT2D eigenvalue weighted by atomic mass is 32.2. The molecule has 0 saturated heterocycles. The molecule has 3 rings (SSSR count). The van der Waals surface area contributed by atoms with Crippen LogP contribution in [0.1, 0.15) is 15.9 Å². The van der Waals surface area contributed by atoms with Crippen molar-refractivity contribution in [1.82, 2.24) is 5.43 Å². The molecule has 25 heavy (non-hydrogen) atoms. The Hall–Kier alpha value is -2.87. The summed E-state index contributed by atoms with van der Waals surface area (Å²) in [6.45, 7) is 0. The van der Waals surface area contributed by atoms with Crippen molar-refractivity contribution < 1.29 is 19.4 Å². The second kappa shape index (κ2) is 7.80. The minimum Gasteiger partial charge on any atom is -0.478 e. The molecule has 1 aliphatic heterocycles. The van der Waals surface area contributed by atoms with Crippen molar-refractivity contribution in [2.24, 2.45) is 10.1 Å². The Morgan fingerprint density at radius 1 is 1.28 bits per heavy atom. The maximum Gasteiger partial charge on any atom is 0.335 e. The van der Waals surface area contributed by atoms with Crippen molar-refractivity contribution in [3.05, 3.63) is 59.7 Å². The van der Waals surface area contributed by atoms with E-state index in [-0.39, 0.29) is 29.4 Å². The lowest BCUT2D eigenvalue weighted by Crippen LogP contribution is -2.21. The minimum atomic E-state index is -0.989. The highest BCUT2D eigenvalue weighted by molar-refractivity contribution is 8.14. The van der Waals surface area contributed by atoms with Crippen LogP contribution in [0.25, 0.3) is 0 Å². The number of benzene rings is 1. The number of aliphatic imine (C=N–C) groups is 1. The maximum atomic E-state index is 11.8. The molecule has 2 aliphatic rings. The van der Waals surface area contributed by atoms with Crippen LogP contribution in [0.4, 0.5) is 0 Å². The molecule has 8 heteroatoms. The normalized spacial score (nSPS) is 20.9. The molecular formula is C17H15N3O4S. The molecule has 0 radical (unpaired) electrons. The zero-order valence-corrected chi connectivity index (χ0v) is 13.8. The Balaban J connectivity index is 1.43. The molecule has 0 aromatic heterocycles. The highest BCUT2D eigenvalue weighted by Gasteiger charge is 2.28. The Kier molecular flexibility index (Phi) is 5.30. The van der Waals surface area contributed by atoms with Gasteiger partial charge in [0.2, 0.25) is 5.23 Å². The number of aromatic carboxylic acids is 1. The van der Waals surface area contributed by atoms with Crippen LogP contribution in [0.5, 0.6) is 0 Å². The Labute approximate surface area is 148 Å². The third-order valence-corrected chi connectivity index (χ3v) is 4.29. The topological polar surface area (TPSA) is 100 Å². The minimum absolute atomic E-state index is 0.0117. The number of hydrogen-bond acceptors (Lipinski definition) is 6. The quantitative estimate of drug-likeness (QED) is 0.618. The molecule has 128 valence electrons. The number of rotatable bonds is 5. The summed E-state index contributed by atoms with van der Waals surface area (Å²) in [5.74, 6) is -1.13. The van der Waals surface area contributed by atoms with Crippen LogP contribution in [-0.2, 0) is 9.53 Å². The van der Waals surface area contributed by atoms with Crippen LogP contribution in [0.15, 0.2) is 58.7 Å². The third-order valence-electron chi connectivity index (χ3n) is 3.44. The number of amides is 1. The van der Waals surface area contributed by atoms with Gasteiger partial charge in [0.25, 0.3) is 5.91 Å². The third kappa shape index (κ3) is 4.57. The first-order chi connectivity index (χ1) is 12.1. The number of ether oxygens (including phenoxy) is 1. The molecular weight excluding hydrogens is 342 g/mol. The Morgan fingerprint density at radius 3 is 2.76 bits per heavy atom. The van der Waals surface area contributed by atoms with E-state index in [4.69, 9.17) is 9.84 Å². The predicted octanol–water partition coefficient (Wildman–Crippen LogP) is 1.82. The number of allylic oxidation sites excluding steroid dienone is 2. The van der Waals surface area contributed by atoms with Crippen molar-refractivity contribution in [1.29, 1.82) is 0 Å². The van der Waals surface area contributed by atoms with Gasteiger partial charge in [0.05, 0.1) is 17.5 Å². The molecule has 1 aromatic carbocycles. The average Bonchev–Trinajstić information content (AvgIpc) is 3.03. The molecule has 2 N–H and O–H groups in total.